The fourth-order valence-electron chi connectivity index (χ4n) is 3.82. The summed E-state index contributed by atoms with van der Waals surface area (Å²) in [6, 6.07) is -0.772. The van der Waals surface area contributed by atoms with E-state index in [9.17, 15) is 24.0 Å². The van der Waals surface area contributed by atoms with Crippen molar-refractivity contribution in [3.8, 4) is 0 Å². The molecule has 1 unspecified atom stereocenters. The molecule has 242 valence electrons. The van der Waals surface area contributed by atoms with Gasteiger partial charge >= 0.3 is 24.2 Å². The Morgan fingerprint density at radius 2 is 0.905 bits per heavy atom. The van der Waals surface area contributed by atoms with Gasteiger partial charge in [0.2, 0.25) is 5.91 Å². The molecule has 14 heteroatoms. The zero-order valence-electron chi connectivity index (χ0n) is 26.9. The number of ether oxygens (including phenoxy) is 3. The summed E-state index contributed by atoms with van der Waals surface area (Å²) in [7, 11) is 0. The lowest BCUT2D eigenvalue weighted by atomic mass is 10.2. The summed E-state index contributed by atoms with van der Waals surface area (Å²) < 4.78 is 16.8. The Balaban J connectivity index is 3.37. The van der Waals surface area contributed by atoms with Crippen LogP contribution in [0.2, 0.25) is 0 Å². The number of carboxylic acid groups (broad SMARTS) is 1. The molecule has 14 nitrogen and oxygen atoms in total. The molecule has 1 fully saturated rings. The molecule has 0 aromatic carbocycles. The van der Waals surface area contributed by atoms with E-state index >= 15 is 0 Å². The van der Waals surface area contributed by atoms with Crippen LogP contribution in [0.15, 0.2) is 0 Å². The van der Waals surface area contributed by atoms with E-state index in [0.29, 0.717) is 0 Å². The second-order valence-corrected chi connectivity index (χ2v) is 13.2. The van der Waals surface area contributed by atoms with Gasteiger partial charge in [0.25, 0.3) is 0 Å². The number of nitrogens with one attached hydrogen (secondary N) is 1. The van der Waals surface area contributed by atoms with Gasteiger partial charge in [-0.1, -0.05) is 0 Å². The van der Waals surface area contributed by atoms with Crippen molar-refractivity contribution in [2.75, 3.05) is 58.9 Å². The molecule has 1 heterocycles. The summed E-state index contributed by atoms with van der Waals surface area (Å²) in [6.45, 7) is 18.0. The average molecular weight is 602 g/mol. The van der Waals surface area contributed by atoms with Crippen LogP contribution >= 0.6 is 0 Å². The van der Waals surface area contributed by atoms with E-state index in [-0.39, 0.29) is 52.4 Å². The second-order valence-electron chi connectivity index (χ2n) is 13.2. The maximum atomic E-state index is 13.1. The standard InChI is InChI=1S/C28H51N5O9/c1-20(22(36)29-19-21(34)35)30-11-13-31(23(37)40-26(2,3)4)15-17-33(25(39)42-28(8,9)10)18-16-32(14-12-30)24(38)41-27(5,6)7/h20H,11-19H2,1-10H3,(H,29,36)(H,34,35). The normalized spacial score (nSPS) is 17.3. The lowest BCUT2D eigenvalue weighted by Crippen LogP contribution is -2.54. The predicted molar refractivity (Wildman–Crippen MR) is 155 cm³/mol. The van der Waals surface area contributed by atoms with Gasteiger partial charge in [-0.2, -0.15) is 0 Å². The summed E-state index contributed by atoms with van der Waals surface area (Å²) in [5.74, 6) is -1.68. The first kappa shape index (κ1) is 36.7. The lowest BCUT2D eigenvalue weighted by molar-refractivity contribution is -0.138. The number of carbonyl (C=O) groups is 5. The van der Waals surface area contributed by atoms with Crippen LogP contribution in [0, 0.1) is 0 Å². The van der Waals surface area contributed by atoms with E-state index in [4.69, 9.17) is 19.3 Å². The highest BCUT2D eigenvalue weighted by molar-refractivity contribution is 5.84. The topological polar surface area (TPSA) is 158 Å². The van der Waals surface area contributed by atoms with E-state index in [2.05, 4.69) is 5.32 Å². The van der Waals surface area contributed by atoms with Gasteiger partial charge in [0.15, 0.2) is 0 Å². The molecule has 0 aromatic heterocycles. The van der Waals surface area contributed by atoms with Gasteiger partial charge in [0, 0.05) is 52.4 Å². The highest BCUT2D eigenvalue weighted by Gasteiger charge is 2.31. The van der Waals surface area contributed by atoms with Crippen molar-refractivity contribution in [3.05, 3.63) is 0 Å². The molecule has 0 saturated carbocycles. The maximum absolute atomic E-state index is 13.1. The minimum atomic E-state index is -1.18. The number of hydrogen-bond acceptors (Lipinski definition) is 9. The predicted octanol–water partition coefficient (Wildman–Crippen LogP) is 2.60. The van der Waals surface area contributed by atoms with Crippen LogP contribution in [0.4, 0.5) is 14.4 Å². The van der Waals surface area contributed by atoms with Gasteiger partial charge in [-0.25, -0.2) is 14.4 Å². The molecule has 0 aliphatic carbocycles. The maximum Gasteiger partial charge on any atom is 0.410 e. The van der Waals surface area contributed by atoms with E-state index in [1.807, 2.05) is 0 Å². The molecule has 1 saturated heterocycles. The van der Waals surface area contributed by atoms with E-state index in [1.165, 1.54) is 14.7 Å². The van der Waals surface area contributed by atoms with Gasteiger partial charge in [0.1, 0.15) is 23.3 Å². The third-order valence-corrected chi connectivity index (χ3v) is 5.89. The number of rotatable bonds is 4. The fourth-order valence-corrected chi connectivity index (χ4v) is 3.82. The van der Waals surface area contributed by atoms with E-state index in [0.717, 1.165) is 0 Å². The van der Waals surface area contributed by atoms with Crippen LogP contribution in [0.25, 0.3) is 0 Å². The quantitative estimate of drug-likeness (QED) is 0.459. The monoisotopic (exact) mass is 601 g/mol. The molecule has 0 spiro atoms. The molecule has 1 aliphatic heterocycles. The third kappa shape index (κ3) is 14.6. The van der Waals surface area contributed by atoms with Crippen molar-refractivity contribution in [1.82, 2.24) is 24.9 Å². The first-order valence-electron chi connectivity index (χ1n) is 14.3. The average Bonchev–Trinajstić information content (AvgIpc) is 2.78. The van der Waals surface area contributed by atoms with Crippen molar-refractivity contribution in [2.24, 2.45) is 0 Å². The van der Waals surface area contributed by atoms with Crippen molar-refractivity contribution in [3.63, 3.8) is 0 Å². The Labute approximate surface area is 249 Å². The van der Waals surface area contributed by atoms with Crippen LogP contribution in [0.3, 0.4) is 0 Å². The number of nitrogens with zero attached hydrogens (tertiary/aromatic N) is 4. The highest BCUT2D eigenvalue weighted by atomic mass is 16.6. The molecular weight excluding hydrogens is 550 g/mol. The van der Waals surface area contributed by atoms with E-state index in [1.54, 1.807) is 74.1 Å². The van der Waals surface area contributed by atoms with Gasteiger partial charge < -0.3 is 39.3 Å². The number of aliphatic carboxylic acids is 1. The first-order chi connectivity index (χ1) is 19.1. The Morgan fingerprint density at radius 3 is 1.17 bits per heavy atom. The summed E-state index contributed by atoms with van der Waals surface area (Å²) in [5.41, 5.74) is -2.28. The molecule has 0 bridgehead atoms. The Hall–Kier alpha value is -3.29. The molecule has 4 amide bonds. The van der Waals surface area contributed by atoms with Crippen molar-refractivity contribution < 1.29 is 43.3 Å². The molecule has 1 atom stereocenters. The number of hydrogen-bond donors (Lipinski definition) is 2. The molecule has 42 heavy (non-hydrogen) atoms. The number of carbonyl (C=O) groups excluding carboxylic acids is 4. The van der Waals surface area contributed by atoms with Crippen LogP contribution in [-0.2, 0) is 23.8 Å². The number of amides is 4. The summed E-state index contributed by atoms with van der Waals surface area (Å²) in [4.78, 5) is 69.3. The molecule has 0 radical (unpaired) electrons. The molecule has 2 N–H and O–H groups in total. The fraction of sp³-hybridized carbons (Fsp3) is 0.821. The van der Waals surface area contributed by atoms with Crippen molar-refractivity contribution >= 4 is 30.2 Å². The molecular formula is C28H51N5O9. The zero-order valence-corrected chi connectivity index (χ0v) is 26.9. The Bertz CT molecular complexity index is 909. The zero-order chi connectivity index (χ0) is 32.5. The summed E-state index contributed by atoms with van der Waals surface area (Å²) in [5, 5.41) is 11.4. The van der Waals surface area contributed by atoms with Crippen LogP contribution in [0.5, 0.6) is 0 Å². The molecule has 0 aromatic rings. The van der Waals surface area contributed by atoms with Gasteiger partial charge in [0.05, 0.1) is 6.04 Å². The van der Waals surface area contributed by atoms with E-state index < -0.39 is 59.5 Å². The highest BCUT2D eigenvalue weighted by Crippen LogP contribution is 2.15. The first-order valence-corrected chi connectivity index (χ1v) is 14.3. The van der Waals surface area contributed by atoms with Gasteiger partial charge in [-0.15, -0.1) is 0 Å². The minimum absolute atomic E-state index is 0.102. The molecule has 1 rings (SSSR count). The second kappa shape index (κ2) is 15.3. The summed E-state index contributed by atoms with van der Waals surface area (Å²) in [6.07, 6.45) is -1.75. The van der Waals surface area contributed by atoms with Gasteiger partial charge in [-0.3, -0.25) is 14.5 Å². The molecule has 1 aliphatic rings. The largest absolute Gasteiger partial charge is 0.480 e. The van der Waals surface area contributed by atoms with Crippen molar-refractivity contribution in [1.29, 1.82) is 0 Å². The van der Waals surface area contributed by atoms with Crippen molar-refractivity contribution in [2.45, 2.75) is 92.1 Å². The summed E-state index contributed by atoms with van der Waals surface area (Å²) >= 11 is 0. The van der Waals surface area contributed by atoms with Gasteiger partial charge in [-0.05, 0) is 69.2 Å². The third-order valence-electron chi connectivity index (χ3n) is 5.89. The SMILES string of the molecule is CC(C(=O)NCC(=O)O)N1CCN(C(=O)OC(C)(C)C)CCN(C(=O)OC(C)(C)C)CCN(C(=O)OC(C)(C)C)CC1. The lowest BCUT2D eigenvalue weighted by Gasteiger charge is -2.37. The van der Waals surface area contributed by atoms with Crippen LogP contribution in [0.1, 0.15) is 69.2 Å². The minimum Gasteiger partial charge on any atom is -0.480 e. The number of carboxylic acids is 1. The van der Waals surface area contributed by atoms with Crippen LogP contribution < -0.4 is 5.32 Å². The smallest absolute Gasteiger partial charge is 0.410 e. The Morgan fingerprint density at radius 1 is 0.619 bits per heavy atom. The van der Waals surface area contributed by atoms with Crippen LogP contribution in [-0.4, -0.2) is 137 Å². The Kier molecular flexibility index (Phi) is 13.3.